The van der Waals surface area contributed by atoms with Gasteiger partial charge in [0, 0.05) is 20.0 Å². The summed E-state index contributed by atoms with van der Waals surface area (Å²) >= 11 is 0. The second-order valence-electron chi connectivity index (χ2n) is 5.22. The summed E-state index contributed by atoms with van der Waals surface area (Å²) in [5.41, 5.74) is 0.758. The van der Waals surface area contributed by atoms with Gasteiger partial charge in [0.15, 0.2) is 11.5 Å². The van der Waals surface area contributed by atoms with Gasteiger partial charge >= 0.3 is 0 Å². The number of amides is 1. The van der Waals surface area contributed by atoms with E-state index in [-0.39, 0.29) is 10.8 Å². The number of carbonyl (C=O) groups is 1. The highest BCUT2D eigenvalue weighted by Crippen LogP contribution is 2.32. The van der Waals surface area contributed by atoms with Gasteiger partial charge in [0.1, 0.15) is 0 Å². The first-order valence-corrected chi connectivity index (χ1v) is 8.86. The molecule has 0 bridgehead atoms. The quantitative estimate of drug-likeness (QED) is 0.851. The van der Waals surface area contributed by atoms with Gasteiger partial charge in [0.05, 0.1) is 30.5 Å². The first-order valence-electron chi connectivity index (χ1n) is 7.38. The third-order valence-corrected chi connectivity index (χ3v) is 5.01. The monoisotopic (exact) mass is 364 g/mol. The molecule has 0 aliphatic rings. The number of benzene rings is 2. The maximum Gasteiger partial charge on any atom is 0.262 e. The normalized spacial score (nSPS) is 10.9. The smallest absolute Gasteiger partial charge is 0.262 e. The van der Waals surface area contributed by atoms with Crippen molar-refractivity contribution in [2.45, 2.75) is 11.8 Å². The van der Waals surface area contributed by atoms with Crippen molar-refractivity contribution in [3.05, 3.63) is 42.5 Å². The summed E-state index contributed by atoms with van der Waals surface area (Å²) in [5, 5.41) is 0. The van der Waals surface area contributed by atoms with E-state index in [9.17, 15) is 13.2 Å². The summed E-state index contributed by atoms with van der Waals surface area (Å²) in [5.74, 6) is 0.524. The van der Waals surface area contributed by atoms with E-state index in [0.29, 0.717) is 22.9 Å². The maximum absolute atomic E-state index is 12.7. The van der Waals surface area contributed by atoms with E-state index in [1.165, 1.54) is 44.2 Å². The van der Waals surface area contributed by atoms with Crippen molar-refractivity contribution >= 4 is 27.3 Å². The van der Waals surface area contributed by atoms with Crippen LogP contribution >= 0.6 is 0 Å². The number of nitrogens with zero attached hydrogens (tertiary/aromatic N) is 1. The molecule has 7 nitrogen and oxygen atoms in total. The molecule has 0 fully saturated rings. The van der Waals surface area contributed by atoms with Gasteiger partial charge in [-0.05, 0) is 24.3 Å². The van der Waals surface area contributed by atoms with E-state index in [4.69, 9.17) is 9.47 Å². The van der Waals surface area contributed by atoms with E-state index in [2.05, 4.69) is 4.72 Å². The second kappa shape index (κ2) is 7.43. The van der Waals surface area contributed by atoms with Crippen molar-refractivity contribution in [3.8, 4) is 11.5 Å². The number of para-hydroxylation sites is 2. The van der Waals surface area contributed by atoms with Crippen molar-refractivity contribution in [1.29, 1.82) is 0 Å². The van der Waals surface area contributed by atoms with Crippen LogP contribution in [0.15, 0.2) is 47.4 Å². The Bertz CT molecular complexity index is 880. The third kappa shape index (κ3) is 4.03. The van der Waals surface area contributed by atoms with E-state index in [1.807, 2.05) is 0 Å². The van der Waals surface area contributed by atoms with Crippen LogP contribution in [0.4, 0.5) is 11.4 Å². The Morgan fingerprint density at radius 2 is 1.68 bits per heavy atom. The predicted molar refractivity (Wildman–Crippen MR) is 95.9 cm³/mol. The fraction of sp³-hybridized carbons (Fsp3) is 0.235. The van der Waals surface area contributed by atoms with Gasteiger partial charge < -0.3 is 14.4 Å². The number of ether oxygens (including phenoxy) is 2. The molecule has 25 heavy (non-hydrogen) atoms. The van der Waals surface area contributed by atoms with Crippen molar-refractivity contribution in [2.75, 3.05) is 30.9 Å². The summed E-state index contributed by atoms with van der Waals surface area (Å²) in [4.78, 5) is 13.0. The van der Waals surface area contributed by atoms with Crippen molar-refractivity contribution < 1.29 is 22.7 Å². The molecule has 0 unspecified atom stereocenters. The molecule has 0 aliphatic carbocycles. The SMILES string of the molecule is COc1ccc(S(=O)(=O)Nc2ccccc2N(C)C(C)=O)cc1OC. The first kappa shape index (κ1) is 18.6. The fourth-order valence-corrected chi connectivity index (χ4v) is 3.30. The largest absolute Gasteiger partial charge is 0.493 e. The lowest BCUT2D eigenvalue weighted by atomic mass is 10.2. The van der Waals surface area contributed by atoms with E-state index in [1.54, 1.807) is 31.3 Å². The second-order valence-corrected chi connectivity index (χ2v) is 6.90. The van der Waals surface area contributed by atoms with E-state index in [0.717, 1.165) is 0 Å². The Labute approximate surface area is 147 Å². The zero-order valence-electron chi connectivity index (χ0n) is 14.4. The number of carbonyl (C=O) groups excluding carboxylic acids is 1. The molecule has 134 valence electrons. The van der Waals surface area contributed by atoms with Gasteiger partial charge in [0.25, 0.3) is 10.0 Å². The summed E-state index contributed by atoms with van der Waals surface area (Å²) < 4.78 is 38.2. The van der Waals surface area contributed by atoms with Crippen LogP contribution in [0.25, 0.3) is 0 Å². The average Bonchev–Trinajstić information content (AvgIpc) is 2.60. The first-order chi connectivity index (χ1) is 11.8. The average molecular weight is 364 g/mol. The Morgan fingerprint density at radius 3 is 2.28 bits per heavy atom. The van der Waals surface area contributed by atoms with Gasteiger partial charge in [-0.2, -0.15) is 0 Å². The molecule has 2 rings (SSSR count). The molecule has 0 radical (unpaired) electrons. The predicted octanol–water partition coefficient (Wildman–Crippen LogP) is 2.49. The number of methoxy groups -OCH3 is 2. The summed E-state index contributed by atoms with van der Waals surface area (Å²) in [6.07, 6.45) is 0. The molecule has 0 spiro atoms. The molecule has 0 aromatic heterocycles. The number of hydrogen-bond acceptors (Lipinski definition) is 5. The Kier molecular flexibility index (Phi) is 5.53. The number of hydrogen-bond donors (Lipinski definition) is 1. The van der Waals surface area contributed by atoms with Crippen LogP contribution in [0.2, 0.25) is 0 Å². The van der Waals surface area contributed by atoms with Gasteiger partial charge in [-0.15, -0.1) is 0 Å². The highest BCUT2D eigenvalue weighted by Gasteiger charge is 2.20. The topological polar surface area (TPSA) is 84.9 Å². The number of anilines is 2. The minimum atomic E-state index is -3.88. The minimum Gasteiger partial charge on any atom is -0.493 e. The highest BCUT2D eigenvalue weighted by atomic mass is 32.2. The van der Waals surface area contributed by atoms with Gasteiger partial charge in [-0.3, -0.25) is 9.52 Å². The Morgan fingerprint density at radius 1 is 1.04 bits per heavy atom. The third-order valence-electron chi connectivity index (χ3n) is 3.65. The van der Waals surface area contributed by atoms with Crippen LogP contribution in [0.1, 0.15) is 6.92 Å². The van der Waals surface area contributed by atoms with Crippen molar-refractivity contribution in [2.24, 2.45) is 0 Å². The lowest BCUT2D eigenvalue weighted by molar-refractivity contribution is -0.116. The summed E-state index contributed by atoms with van der Waals surface area (Å²) in [7, 11) is 0.599. The fourth-order valence-electron chi connectivity index (χ4n) is 2.21. The van der Waals surface area contributed by atoms with Crippen molar-refractivity contribution in [1.82, 2.24) is 0 Å². The molecule has 0 saturated heterocycles. The molecule has 1 amide bonds. The molecule has 2 aromatic rings. The van der Waals surface area contributed by atoms with Crippen LogP contribution in [-0.4, -0.2) is 35.6 Å². The molecular weight excluding hydrogens is 344 g/mol. The van der Waals surface area contributed by atoms with Crippen molar-refractivity contribution in [3.63, 3.8) is 0 Å². The zero-order chi connectivity index (χ0) is 18.6. The van der Waals surface area contributed by atoms with Crippen LogP contribution in [0.3, 0.4) is 0 Å². The molecule has 0 heterocycles. The van der Waals surface area contributed by atoms with Gasteiger partial charge in [-0.1, -0.05) is 12.1 Å². The highest BCUT2D eigenvalue weighted by molar-refractivity contribution is 7.92. The molecule has 0 atom stereocenters. The van der Waals surface area contributed by atoms with Crippen LogP contribution < -0.4 is 19.1 Å². The number of nitrogens with one attached hydrogen (secondary N) is 1. The van der Waals surface area contributed by atoms with Gasteiger partial charge in [-0.25, -0.2) is 8.42 Å². The molecule has 0 saturated carbocycles. The maximum atomic E-state index is 12.7. The Balaban J connectivity index is 2.42. The van der Waals surface area contributed by atoms with E-state index < -0.39 is 10.0 Å². The minimum absolute atomic E-state index is 0.0189. The molecular formula is C17H20N2O5S. The number of rotatable bonds is 6. The molecule has 1 N–H and O–H groups in total. The van der Waals surface area contributed by atoms with Crippen LogP contribution in [0.5, 0.6) is 11.5 Å². The molecule has 0 aliphatic heterocycles. The summed E-state index contributed by atoms with van der Waals surface area (Å²) in [6, 6.07) is 11.0. The zero-order valence-corrected chi connectivity index (χ0v) is 15.3. The van der Waals surface area contributed by atoms with Crippen LogP contribution in [-0.2, 0) is 14.8 Å². The standard InChI is InChI=1S/C17H20N2O5S/c1-12(20)19(2)15-8-6-5-7-14(15)18-25(21,22)13-9-10-16(23-3)17(11-13)24-4/h5-11,18H,1-4H3. The Hall–Kier alpha value is -2.74. The lowest BCUT2D eigenvalue weighted by Gasteiger charge is -2.20. The lowest BCUT2D eigenvalue weighted by Crippen LogP contribution is -2.25. The van der Waals surface area contributed by atoms with Gasteiger partial charge in [0.2, 0.25) is 5.91 Å². The number of sulfonamides is 1. The summed E-state index contributed by atoms with van der Waals surface area (Å²) in [6.45, 7) is 1.40. The molecule has 8 heteroatoms. The molecule has 2 aromatic carbocycles. The van der Waals surface area contributed by atoms with E-state index >= 15 is 0 Å². The van der Waals surface area contributed by atoms with Crippen LogP contribution in [0, 0.1) is 0 Å².